The van der Waals surface area contributed by atoms with Gasteiger partial charge in [-0.25, -0.2) is 0 Å². The molecule has 0 N–H and O–H groups in total. The van der Waals surface area contributed by atoms with Gasteiger partial charge in [0.25, 0.3) is 11.8 Å². The minimum atomic E-state index is -0.313. The predicted molar refractivity (Wildman–Crippen MR) is 92.6 cm³/mol. The molecule has 1 aliphatic carbocycles. The summed E-state index contributed by atoms with van der Waals surface area (Å²) in [6.07, 6.45) is 6.98. The Morgan fingerprint density at radius 3 is 2.24 bits per heavy atom. The number of amides is 2. The lowest BCUT2D eigenvalue weighted by atomic mass is 9.89. The molecule has 10 heteroatoms. The molecule has 25 heavy (non-hydrogen) atoms. The van der Waals surface area contributed by atoms with Crippen LogP contribution in [0.25, 0.3) is 0 Å². The molecule has 0 radical (unpaired) electrons. The van der Waals surface area contributed by atoms with Crippen molar-refractivity contribution in [3.8, 4) is 0 Å². The van der Waals surface area contributed by atoms with Gasteiger partial charge >= 0.3 is 0 Å². The lowest BCUT2D eigenvalue weighted by Gasteiger charge is -2.51. The van der Waals surface area contributed by atoms with Gasteiger partial charge in [0.15, 0.2) is 11.4 Å². The van der Waals surface area contributed by atoms with E-state index in [1.807, 2.05) is 16.7 Å². The van der Waals surface area contributed by atoms with Gasteiger partial charge in [0, 0.05) is 19.1 Å². The first-order valence-electron chi connectivity index (χ1n) is 8.29. The first-order valence-corrected chi connectivity index (χ1v) is 9.75. The summed E-state index contributed by atoms with van der Waals surface area (Å²) < 4.78 is 16.1. The normalized spacial score (nSPS) is 22.5. The van der Waals surface area contributed by atoms with E-state index in [0.29, 0.717) is 24.5 Å². The second-order valence-electron chi connectivity index (χ2n) is 6.71. The van der Waals surface area contributed by atoms with Gasteiger partial charge < -0.3 is 9.80 Å². The highest BCUT2D eigenvalue weighted by Gasteiger charge is 2.49. The zero-order valence-electron chi connectivity index (χ0n) is 13.8. The Labute approximate surface area is 153 Å². The van der Waals surface area contributed by atoms with Crippen LogP contribution in [0.4, 0.5) is 0 Å². The summed E-state index contributed by atoms with van der Waals surface area (Å²) in [5.41, 5.74) is 0.465. The molecule has 2 amide bonds. The second-order valence-corrected chi connectivity index (χ2v) is 7.83. The molecule has 2 aromatic heterocycles. The number of carbonyl (C=O) groups is 2. The van der Waals surface area contributed by atoms with Crippen LogP contribution in [-0.4, -0.2) is 63.8 Å². The maximum absolute atomic E-state index is 13.0. The summed E-state index contributed by atoms with van der Waals surface area (Å²) in [5.74, 6) is -0.181. The van der Waals surface area contributed by atoms with E-state index in [1.165, 1.54) is 12.4 Å². The van der Waals surface area contributed by atoms with Crippen LogP contribution in [0.5, 0.6) is 0 Å². The third-order valence-electron chi connectivity index (χ3n) is 5.22. The average molecular weight is 378 g/mol. The Morgan fingerprint density at radius 2 is 1.68 bits per heavy atom. The zero-order valence-corrected chi connectivity index (χ0v) is 15.4. The van der Waals surface area contributed by atoms with Gasteiger partial charge in [-0.2, -0.15) is 17.5 Å². The van der Waals surface area contributed by atoms with Crippen molar-refractivity contribution in [2.24, 2.45) is 0 Å². The quantitative estimate of drug-likeness (QED) is 0.790. The number of carbonyl (C=O) groups excluding carboxylic acids is 2. The van der Waals surface area contributed by atoms with Gasteiger partial charge in [0.05, 0.1) is 41.4 Å². The highest BCUT2D eigenvalue weighted by molar-refractivity contribution is 6.99. The molecular formula is C15H18N6O2S2. The van der Waals surface area contributed by atoms with Crippen molar-refractivity contribution in [1.29, 1.82) is 0 Å². The van der Waals surface area contributed by atoms with Gasteiger partial charge in [-0.15, -0.1) is 0 Å². The topological polar surface area (TPSA) is 92.2 Å². The largest absolute Gasteiger partial charge is 0.330 e. The highest BCUT2D eigenvalue weighted by Crippen LogP contribution is 2.40. The van der Waals surface area contributed by atoms with Crippen LogP contribution in [0, 0.1) is 0 Å². The van der Waals surface area contributed by atoms with Gasteiger partial charge in [-0.1, -0.05) is 12.8 Å². The smallest absolute Gasteiger partial charge is 0.275 e. The maximum atomic E-state index is 13.0. The summed E-state index contributed by atoms with van der Waals surface area (Å²) >= 11 is 2.08. The molecule has 132 valence electrons. The lowest BCUT2D eigenvalue weighted by molar-refractivity contribution is -0.0117. The predicted octanol–water partition coefficient (Wildman–Crippen LogP) is 1.69. The van der Waals surface area contributed by atoms with Crippen molar-refractivity contribution in [3.05, 3.63) is 23.8 Å². The molecule has 2 fully saturated rings. The molecule has 2 aromatic rings. The van der Waals surface area contributed by atoms with Crippen LogP contribution < -0.4 is 0 Å². The number of aromatic nitrogens is 4. The first-order chi connectivity index (χ1) is 12.1. The van der Waals surface area contributed by atoms with E-state index in [1.54, 1.807) is 0 Å². The molecule has 4 rings (SSSR count). The van der Waals surface area contributed by atoms with E-state index in [-0.39, 0.29) is 23.4 Å². The van der Waals surface area contributed by atoms with Crippen molar-refractivity contribution in [2.75, 3.05) is 13.1 Å². The summed E-state index contributed by atoms with van der Waals surface area (Å²) in [6, 6.07) is -0.0871. The number of rotatable bonds is 2. The molecule has 1 unspecified atom stereocenters. The van der Waals surface area contributed by atoms with Crippen molar-refractivity contribution < 1.29 is 9.59 Å². The number of piperazine rings is 1. The number of nitrogens with zero attached hydrogens (tertiary/aromatic N) is 6. The fraction of sp³-hybridized carbons (Fsp3) is 0.600. The van der Waals surface area contributed by atoms with Crippen LogP contribution in [0.15, 0.2) is 12.4 Å². The van der Waals surface area contributed by atoms with Gasteiger partial charge in [0.2, 0.25) is 0 Å². The Kier molecular flexibility index (Phi) is 4.24. The fourth-order valence-corrected chi connectivity index (χ4v) is 4.76. The maximum Gasteiger partial charge on any atom is 0.275 e. The van der Waals surface area contributed by atoms with Crippen LogP contribution in [0.2, 0.25) is 0 Å². The third-order valence-corrected chi connectivity index (χ3v) is 6.17. The standard InChI is InChI=1S/C15H18N6O2S2/c1-10-8-21(14(23)12-7-17-25-19-12)15(4-2-3-5-15)9-20(10)13(22)11-6-16-24-18-11/h6-7,10H,2-5,8-9H2,1H3. The molecule has 1 atom stereocenters. The summed E-state index contributed by atoms with van der Waals surface area (Å²) in [5, 5.41) is 0. The summed E-state index contributed by atoms with van der Waals surface area (Å²) in [4.78, 5) is 29.6. The molecule has 8 nitrogen and oxygen atoms in total. The van der Waals surface area contributed by atoms with E-state index < -0.39 is 0 Å². The van der Waals surface area contributed by atoms with Crippen LogP contribution in [0.1, 0.15) is 53.6 Å². The first kappa shape index (κ1) is 16.5. The minimum Gasteiger partial charge on any atom is -0.330 e. The van der Waals surface area contributed by atoms with Gasteiger partial charge in [-0.05, 0) is 19.8 Å². The van der Waals surface area contributed by atoms with Crippen molar-refractivity contribution in [3.63, 3.8) is 0 Å². The Hall–Kier alpha value is -1.94. The van der Waals surface area contributed by atoms with E-state index in [4.69, 9.17) is 0 Å². The SMILES string of the molecule is CC1CN(C(=O)c2cnsn2)C2(CCCC2)CN1C(=O)c1cnsn1. The highest BCUT2D eigenvalue weighted by atomic mass is 32.1. The second kappa shape index (κ2) is 6.41. The van der Waals surface area contributed by atoms with E-state index in [9.17, 15) is 9.59 Å². The van der Waals surface area contributed by atoms with Gasteiger partial charge in [-0.3, -0.25) is 9.59 Å². The van der Waals surface area contributed by atoms with E-state index in [2.05, 4.69) is 17.5 Å². The minimum absolute atomic E-state index is 0.0788. The molecule has 0 bridgehead atoms. The Balaban J connectivity index is 1.63. The Bertz CT molecular complexity index is 757. The molecule has 0 aromatic carbocycles. The average Bonchev–Trinajstić information content (AvgIpc) is 3.38. The van der Waals surface area contributed by atoms with Crippen molar-refractivity contribution in [1.82, 2.24) is 27.3 Å². The third kappa shape index (κ3) is 2.82. The van der Waals surface area contributed by atoms with E-state index >= 15 is 0 Å². The zero-order chi connectivity index (χ0) is 17.4. The van der Waals surface area contributed by atoms with Crippen molar-refractivity contribution in [2.45, 2.75) is 44.2 Å². The van der Waals surface area contributed by atoms with E-state index in [0.717, 1.165) is 49.1 Å². The number of hydrogen-bond donors (Lipinski definition) is 0. The molecule has 1 saturated carbocycles. The monoisotopic (exact) mass is 378 g/mol. The lowest BCUT2D eigenvalue weighted by Crippen LogP contribution is -2.66. The molecular weight excluding hydrogens is 360 g/mol. The Morgan fingerprint density at radius 1 is 1.08 bits per heavy atom. The molecule has 2 aliphatic rings. The van der Waals surface area contributed by atoms with Gasteiger partial charge in [0.1, 0.15) is 0 Å². The fourth-order valence-electron chi connectivity index (χ4n) is 3.95. The van der Waals surface area contributed by atoms with Crippen LogP contribution >= 0.6 is 23.5 Å². The van der Waals surface area contributed by atoms with Crippen LogP contribution in [0.3, 0.4) is 0 Å². The summed E-state index contributed by atoms with van der Waals surface area (Å²) in [7, 11) is 0. The molecule has 1 aliphatic heterocycles. The van der Waals surface area contributed by atoms with Crippen molar-refractivity contribution >= 4 is 35.3 Å². The summed E-state index contributed by atoms with van der Waals surface area (Å²) in [6.45, 7) is 3.01. The molecule has 3 heterocycles. The number of hydrogen-bond acceptors (Lipinski definition) is 8. The van der Waals surface area contributed by atoms with Crippen LogP contribution in [-0.2, 0) is 0 Å². The molecule has 1 saturated heterocycles. The molecule has 1 spiro atoms.